The van der Waals surface area contributed by atoms with Crippen molar-refractivity contribution in [3.63, 3.8) is 0 Å². The number of aryl methyl sites for hydroxylation is 2. The van der Waals surface area contributed by atoms with E-state index in [4.69, 9.17) is 5.26 Å². The van der Waals surface area contributed by atoms with E-state index in [1.165, 1.54) is 0 Å². The lowest BCUT2D eigenvalue weighted by Crippen LogP contribution is -2.33. The summed E-state index contributed by atoms with van der Waals surface area (Å²) in [6.45, 7) is 3.68. The first kappa shape index (κ1) is 11.0. The Kier molecular flexibility index (Phi) is 2.39. The van der Waals surface area contributed by atoms with Crippen LogP contribution >= 0.6 is 0 Å². The molecule has 0 aliphatic carbocycles. The van der Waals surface area contributed by atoms with Crippen LogP contribution in [0, 0.1) is 25.2 Å². The van der Waals surface area contributed by atoms with Gasteiger partial charge in [-0.1, -0.05) is 6.07 Å². The van der Waals surface area contributed by atoms with Crippen molar-refractivity contribution in [2.24, 2.45) is 0 Å². The first-order valence-electron chi connectivity index (χ1n) is 4.94. The molecule has 16 heavy (non-hydrogen) atoms. The molecule has 0 radical (unpaired) electrons. The topological polar surface area (TPSA) is 70.0 Å². The summed E-state index contributed by atoms with van der Waals surface area (Å²) in [5.41, 5.74) is 2.27. The Bertz CT molecular complexity index is 585. The predicted octanol–water partition coefficient (Wildman–Crippen LogP) is 1.39. The number of benzene rings is 1. The van der Waals surface area contributed by atoms with Crippen LogP contribution < -0.4 is 5.32 Å². The van der Waals surface area contributed by atoms with E-state index >= 15 is 0 Å². The Morgan fingerprint density at radius 2 is 2.12 bits per heavy atom. The molecule has 1 heterocycles. The number of rotatable bonds is 0. The van der Waals surface area contributed by atoms with E-state index < -0.39 is 15.9 Å². The van der Waals surface area contributed by atoms with E-state index in [0.717, 1.165) is 11.1 Å². The molecule has 0 aromatic heterocycles. The van der Waals surface area contributed by atoms with Gasteiger partial charge in [-0.25, -0.2) is 8.42 Å². The van der Waals surface area contributed by atoms with Gasteiger partial charge in [0.15, 0.2) is 9.84 Å². The minimum atomic E-state index is -3.34. The Morgan fingerprint density at radius 1 is 1.44 bits per heavy atom. The molecular formula is C11H12N2O2S. The Balaban J connectivity index is 2.70. The second-order valence-electron chi connectivity index (χ2n) is 4.07. The van der Waals surface area contributed by atoms with Crippen LogP contribution in [0.25, 0.3) is 0 Å². The van der Waals surface area contributed by atoms with Gasteiger partial charge in [-0.3, -0.25) is 0 Å². The van der Waals surface area contributed by atoms with E-state index in [9.17, 15) is 8.42 Å². The van der Waals surface area contributed by atoms with Crippen molar-refractivity contribution in [3.8, 4) is 6.07 Å². The monoisotopic (exact) mass is 236 g/mol. The van der Waals surface area contributed by atoms with Gasteiger partial charge in [0.1, 0.15) is 6.04 Å². The summed E-state index contributed by atoms with van der Waals surface area (Å²) in [6, 6.07) is 4.90. The zero-order valence-electron chi connectivity index (χ0n) is 9.11. The molecule has 0 saturated heterocycles. The number of nitrogens with zero attached hydrogens (tertiary/aromatic N) is 1. The molecule has 4 nitrogen and oxygen atoms in total. The smallest absolute Gasteiger partial charge is 0.183 e. The van der Waals surface area contributed by atoms with Crippen LogP contribution in [0.5, 0.6) is 0 Å². The molecule has 2 rings (SSSR count). The van der Waals surface area contributed by atoms with Crippen molar-refractivity contribution in [1.82, 2.24) is 0 Å². The van der Waals surface area contributed by atoms with Gasteiger partial charge in [0.25, 0.3) is 0 Å². The van der Waals surface area contributed by atoms with Crippen LogP contribution in [0.15, 0.2) is 17.0 Å². The summed E-state index contributed by atoms with van der Waals surface area (Å²) >= 11 is 0. The van der Waals surface area contributed by atoms with E-state index in [-0.39, 0.29) is 5.75 Å². The van der Waals surface area contributed by atoms with Crippen LogP contribution in [0.4, 0.5) is 5.69 Å². The Hall–Kier alpha value is -1.54. The van der Waals surface area contributed by atoms with Crippen molar-refractivity contribution >= 4 is 15.5 Å². The van der Waals surface area contributed by atoms with Gasteiger partial charge in [-0.05, 0) is 31.0 Å². The van der Waals surface area contributed by atoms with Crippen molar-refractivity contribution in [2.45, 2.75) is 24.8 Å². The minimum absolute atomic E-state index is 0.152. The number of fused-ring (bicyclic) bond motifs is 1. The normalized spacial score (nSPS) is 21.7. The zero-order valence-corrected chi connectivity index (χ0v) is 9.93. The highest BCUT2D eigenvalue weighted by Gasteiger charge is 2.31. The number of hydrogen-bond acceptors (Lipinski definition) is 4. The Labute approximate surface area is 94.8 Å². The molecule has 1 aromatic rings. The lowest BCUT2D eigenvalue weighted by Gasteiger charge is -2.24. The summed E-state index contributed by atoms with van der Waals surface area (Å²) in [5.74, 6) is -0.152. The lowest BCUT2D eigenvalue weighted by atomic mass is 10.1. The maximum atomic E-state index is 12.0. The van der Waals surface area contributed by atoms with Crippen LogP contribution in [0.2, 0.25) is 0 Å². The largest absolute Gasteiger partial charge is 0.368 e. The number of hydrogen-bond donors (Lipinski definition) is 1. The summed E-state index contributed by atoms with van der Waals surface area (Å²) in [5, 5.41) is 11.8. The molecule has 1 aliphatic heterocycles. The van der Waals surface area contributed by atoms with Gasteiger partial charge in [-0.2, -0.15) is 5.26 Å². The van der Waals surface area contributed by atoms with E-state index in [1.807, 2.05) is 19.1 Å². The molecule has 1 N–H and O–H groups in total. The lowest BCUT2D eigenvalue weighted by molar-refractivity contribution is 0.591. The molecule has 1 aliphatic rings. The molecule has 5 heteroatoms. The predicted molar refractivity (Wildman–Crippen MR) is 61.0 cm³/mol. The van der Waals surface area contributed by atoms with Crippen molar-refractivity contribution in [1.29, 1.82) is 5.26 Å². The van der Waals surface area contributed by atoms with Crippen LogP contribution in [-0.4, -0.2) is 20.2 Å². The molecule has 84 valence electrons. The maximum absolute atomic E-state index is 12.0. The molecule has 0 amide bonds. The van der Waals surface area contributed by atoms with Crippen LogP contribution in [0.3, 0.4) is 0 Å². The van der Waals surface area contributed by atoms with E-state index in [1.54, 1.807) is 13.0 Å². The summed E-state index contributed by atoms with van der Waals surface area (Å²) in [6.07, 6.45) is 0. The standard InChI is InChI=1S/C11H12N2O2S/c1-7-3-8(2)11-10(4-7)13-9(5-12)6-16(11,14)15/h3-4,9,13H,6H2,1-2H3. The van der Waals surface area contributed by atoms with Gasteiger partial charge >= 0.3 is 0 Å². The van der Waals surface area contributed by atoms with Gasteiger partial charge in [-0.15, -0.1) is 0 Å². The molecule has 1 unspecified atom stereocenters. The number of nitriles is 1. The molecule has 0 bridgehead atoms. The third-order valence-electron chi connectivity index (χ3n) is 2.60. The second-order valence-corrected chi connectivity index (χ2v) is 6.04. The number of anilines is 1. The first-order chi connectivity index (χ1) is 7.44. The van der Waals surface area contributed by atoms with Gasteiger partial charge in [0.2, 0.25) is 0 Å². The minimum Gasteiger partial charge on any atom is -0.368 e. The highest BCUT2D eigenvalue weighted by Crippen LogP contribution is 2.32. The zero-order chi connectivity index (χ0) is 11.9. The van der Waals surface area contributed by atoms with Crippen molar-refractivity contribution in [2.75, 3.05) is 11.1 Å². The quantitative estimate of drug-likeness (QED) is 0.739. The average Bonchev–Trinajstić information content (AvgIpc) is 2.13. The molecular weight excluding hydrogens is 224 g/mol. The van der Waals surface area contributed by atoms with Gasteiger partial charge < -0.3 is 5.32 Å². The van der Waals surface area contributed by atoms with Crippen molar-refractivity contribution < 1.29 is 8.42 Å². The molecule has 0 spiro atoms. The highest BCUT2D eigenvalue weighted by molar-refractivity contribution is 7.91. The first-order valence-corrected chi connectivity index (χ1v) is 6.59. The molecule has 0 fully saturated rings. The SMILES string of the molecule is Cc1cc(C)c2c(c1)NC(C#N)CS2(=O)=O. The fourth-order valence-electron chi connectivity index (χ4n) is 2.08. The van der Waals surface area contributed by atoms with Gasteiger partial charge in [0.05, 0.1) is 22.4 Å². The van der Waals surface area contributed by atoms with E-state index in [2.05, 4.69) is 5.32 Å². The number of nitrogens with one attached hydrogen (secondary N) is 1. The van der Waals surface area contributed by atoms with Crippen LogP contribution in [0.1, 0.15) is 11.1 Å². The summed E-state index contributed by atoms with van der Waals surface area (Å²) < 4.78 is 24.0. The third-order valence-corrected chi connectivity index (χ3v) is 4.54. The average molecular weight is 236 g/mol. The fraction of sp³-hybridized carbons (Fsp3) is 0.364. The molecule has 1 aromatic carbocycles. The highest BCUT2D eigenvalue weighted by atomic mass is 32.2. The number of sulfone groups is 1. The molecule has 0 saturated carbocycles. The summed E-state index contributed by atoms with van der Waals surface area (Å²) in [7, 11) is -3.34. The second kappa shape index (κ2) is 3.49. The maximum Gasteiger partial charge on any atom is 0.183 e. The van der Waals surface area contributed by atoms with Crippen molar-refractivity contribution in [3.05, 3.63) is 23.3 Å². The van der Waals surface area contributed by atoms with Gasteiger partial charge in [0, 0.05) is 0 Å². The third kappa shape index (κ3) is 1.65. The van der Waals surface area contributed by atoms with Crippen LogP contribution in [-0.2, 0) is 9.84 Å². The Morgan fingerprint density at radius 3 is 2.75 bits per heavy atom. The fourth-order valence-corrected chi connectivity index (χ4v) is 3.84. The summed E-state index contributed by atoms with van der Waals surface area (Å²) in [4.78, 5) is 0.338. The molecule has 1 atom stereocenters. The van der Waals surface area contributed by atoms with E-state index in [0.29, 0.717) is 10.6 Å².